The quantitative estimate of drug-likeness (QED) is 0.171. The Kier molecular flexibility index (Phi) is 7.49. The van der Waals surface area contributed by atoms with Crippen molar-refractivity contribution in [2.24, 2.45) is 0 Å². The minimum atomic E-state index is -4.22. The van der Waals surface area contributed by atoms with Gasteiger partial charge in [0.1, 0.15) is 30.1 Å². The van der Waals surface area contributed by atoms with E-state index in [0.29, 0.717) is 0 Å². The van der Waals surface area contributed by atoms with Crippen molar-refractivity contribution in [1.29, 1.82) is 0 Å². The van der Waals surface area contributed by atoms with E-state index in [0.717, 1.165) is 0 Å². The van der Waals surface area contributed by atoms with Crippen molar-refractivity contribution in [3.05, 3.63) is 42.7 Å². The third-order valence-corrected chi connectivity index (χ3v) is 6.96. The monoisotopic (exact) mass is 526 g/mol. The number of nitrogens with zero attached hydrogens (tertiary/aromatic N) is 4. The largest absolute Gasteiger partial charge is 0.468 e. The topological polar surface area (TPSA) is 193 Å². The molecule has 3 heterocycles. The second-order valence-electron chi connectivity index (χ2n) is 7.82. The first-order chi connectivity index (χ1) is 17.1. The molecule has 1 fully saturated rings. The van der Waals surface area contributed by atoms with E-state index < -0.39 is 57.0 Å². The molecule has 0 amide bonds. The van der Waals surface area contributed by atoms with Gasteiger partial charge < -0.3 is 29.9 Å². The molecule has 0 aliphatic carbocycles. The number of imidazole rings is 1. The van der Waals surface area contributed by atoms with E-state index in [1.807, 2.05) is 0 Å². The lowest BCUT2D eigenvalue weighted by Gasteiger charge is -2.24. The van der Waals surface area contributed by atoms with Crippen molar-refractivity contribution in [2.45, 2.75) is 37.5 Å². The van der Waals surface area contributed by atoms with Crippen LogP contribution in [-0.4, -0.2) is 73.8 Å². The highest BCUT2D eigenvalue weighted by Crippen LogP contribution is 2.46. The molecule has 0 spiro atoms. The van der Waals surface area contributed by atoms with E-state index in [4.69, 9.17) is 19.5 Å². The third kappa shape index (κ3) is 5.31. The Bertz CT molecular complexity index is 1280. The number of nitrogens with one attached hydrogen (secondary N) is 1. The molecule has 3 aromatic rings. The highest BCUT2D eigenvalue weighted by molar-refractivity contribution is 7.52. The van der Waals surface area contributed by atoms with Gasteiger partial charge in [-0.2, -0.15) is 19.4 Å². The van der Waals surface area contributed by atoms with Crippen molar-refractivity contribution in [2.75, 3.05) is 19.5 Å². The molecule has 1 aliphatic heterocycles. The van der Waals surface area contributed by atoms with E-state index in [9.17, 15) is 24.0 Å². The molecule has 4 rings (SSSR count). The molecule has 6 atom stereocenters. The molecule has 1 saturated heterocycles. The summed E-state index contributed by atoms with van der Waals surface area (Å²) in [6.07, 6.45) is -5.42. The summed E-state index contributed by atoms with van der Waals surface area (Å²) in [6.45, 7) is 0.867. The number of aromatic nitrogens is 4. The Morgan fingerprint density at radius 1 is 1.31 bits per heavy atom. The Hall–Kier alpha value is -3.20. The Morgan fingerprint density at radius 2 is 2.03 bits per heavy atom. The number of hydrogen-bond donors (Lipinski definition) is 4. The first-order valence-electron chi connectivity index (χ1n) is 10.6. The minimum Gasteiger partial charge on any atom is -0.468 e. The number of hydrogen-bond acceptors (Lipinski definition) is 12. The van der Waals surface area contributed by atoms with Gasteiger partial charge in [0, 0.05) is 0 Å². The number of aliphatic hydroxyl groups excluding tert-OH is 2. The highest BCUT2D eigenvalue weighted by atomic mass is 31.2. The molecule has 5 N–H and O–H groups in total. The molecule has 1 aliphatic rings. The number of carbonyl (C=O) groups is 1. The van der Waals surface area contributed by atoms with Gasteiger partial charge in [0.05, 0.1) is 20.0 Å². The number of carbonyl (C=O) groups excluding carboxylic acids is 1. The van der Waals surface area contributed by atoms with Crippen LogP contribution in [0.3, 0.4) is 0 Å². The third-order valence-electron chi connectivity index (χ3n) is 5.32. The molecular formula is C20H24FN6O8P. The maximum absolute atomic E-state index is 13.7. The van der Waals surface area contributed by atoms with Gasteiger partial charge in [-0.1, -0.05) is 18.2 Å². The Labute approximate surface area is 203 Å². The van der Waals surface area contributed by atoms with E-state index >= 15 is 0 Å². The van der Waals surface area contributed by atoms with Crippen LogP contribution < -0.4 is 15.3 Å². The van der Waals surface area contributed by atoms with Gasteiger partial charge in [0.25, 0.3) is 0 Å². The molecule has 14 nitrogen and oxygen atoms in total. The maximum atomic E-state index is 13.7. The zero-order valence-electron chi connectivity index (χ0n) is 19.1. The summed E-state index contributed by atoms with van der Waals surface area (Å²) in [6, 6.07) is 6.98. The van der Waals surface area contributed by atoms with Crippen LogP contribution in [0.4, 0.5) is 10.2 Å². The number of nitrogens with two attached hydrogens (primary N) is 1. The van der Waals surface area contributed by atoms with Crippen molar-refractivity contribution >= 4 is 30.7 Å². The number of rotatable bonds is 9. The number of ether oxygens (including phenoxy) is 2. The van der Waals surface area contributed by atoms with Gasteiger partial charge in [-0.05, 0) is 19.1 Å². The average Bonchev–Trinajstić information content (AvgIpc) is 3.38. The number of anilines is 1. The van der Waals surface area contributed by atoms with E-state index in [1.165, 1.54) is 37.1 Å². The second-order valence-corrected chi connectivity index (χ2v) is 9.51. The van der Waals surface area contributed by atoms with Crippen molar-refractivity contribution in [1.82, 2.24) is 24.6 Å². The fourth-order valence-corrected chi connectivity index (χ4v) is 5.04. The van der Waals surface area contributed by atoms with Crippen LogP contribution in [0.5, 0.6) is 5.75 Å². The second kappa shape index (κ2) is 10.4. The van der Waals surface area contributed by atoms with Crippen molar-refractivity contribution in [3.8, 4) is 5.75 Å². The van der Waals surface area contributed by atoms with Gasteiger partial charge in [0.15, 0.2) is 23.2 Å². The highest BCUT2D eigenvalue weighted by Gasteiger charge is 2.46. The van der Waals surface area contributed by atoms with Crippen LogP contribution in [0.2, 0.25) is 0 Å². The number of aliphatic hydroxyl groups is 2. The number of esters is 1. The van der Waals surface area contributed by atoms with Gasteiger partial charge in [-0.25, -0.2) is 9.55 Å². The number of benzene rings is 1. The molecule has 36 heavy (non-hydrogen) atoms. The Morgan fingerprint density at radius 3 is 2.72 bits per heavy atom. The maximum Gasteiger partial charge on any atom is 0.459 e. The lowest BCUT2D eigenvalue weighted by atomic mass is 10.1. The van der Waals surface area contributed by atoms with Crippen LogP contribution >= 0.6 is 7.75 Å². The molecule has 2 aromatic heterocycles. The molecule has 194 valence electrons. The normalized spacial score (nSPS) is 24.4. The van der Waals surface area contributed by atoms with Crippen molar-refractivity contribution in [3.63, 3.8) is 0 Å². The van der Waals surface area contributed by atoms with Crippen LogP contribution in [-0.2, 0) is 23.4 Å². The summed E-state index contributed by atoms with van der Waals surface area (Å²) in [4.78, 5) is 22.9. The summed E-state index contributed by atoms with van der Waals surface area (Å²) in [7, 11) is -3.06. The summed E-state index contributed by atoms with van der Waals surface area (Å²) < 4.78 is 49.7. The number of halogens is 1. The van der Waals surface area contributed by atoms with Crippen LogP contribution in [0.15, 0.2) is 36.7 Å². The average molecular weight is 526 g/mol. The fourth-order valence-electron chi connectivity index (χ4n) is 3.54. The van der Waals surface area contributed by atoms with Crippen molar-refractivity contribution < 1.29 is 42.5 Å². The van der Waals surface area contributed by atoms with Gasteiger partial charge in [-0.15, -0.1) is 0 Å². The minimum absolute atomic E-state index is 0.0653. The van der Waals surface area contributed by atoms with Crippen LogP contribution in [0, 0.1) is 6.08 Å². The summed E-state index contributed by atoms with van der Waals surface area (Å²) in [5, 5.41) is 23.6. The van der Waals surface area contributed by atoms with Gasteiger partial charge >= 0.3 is 19.8 Å². The molecular weight excluding hydrogens is 502 g/mol. The Balaban J connectivity index is 1.52. The van der Waals surface area contributed by atoms with E-state index in [2.05, 4.69) is 24.8 Å². The van der Waals surface area contributed by atoms with E-state index in [1.54, 1.807) is 18.2 Å². The zero-order chi connectivity index (χ0) is 26.0. The predicted octanol–water partition coefficient (Wildman–Crippen LogP) is 0.522. The summed E-state index contributed by atoms with van der Waals surface area (Å²) in [5.41, 5.74) is 5.67. The van der Waals surface area contributed by atoms with Crippen LogP contribution in [0.1, 0.15) is 13.2 Å². The first-order valence-corrected chi connectivity index (χ1v) is 12.2. The van der Waals surface area contributed by atoms with E-state index in [-0.39, 0.29) is 22.7 Å². The van der Waals surface area contributed by atoms with Gasteiger partial charge in [0.2, 0.25) is 0 Å². The molecule has 1 aromatic carbocycles. The number of methoxy groups -OCH3 is 1. The fraction of sp³-hybridized carbons (Fsp3) is 0.400. The SMILES string of the molecule is COC(=O)[C@@H](C)NP(=O)(OC[C@H]1O[C@@H](n2cnc3c(N)nc(F)nc32)[C@@H](O)[C@@H]1O)Oc1ccccc1. The molecule has 1 unspecified atom stereocenters. The predicted molar refractivity (Wildman–Crippen MR) is 121 cm³/mol. The molecule has 0 saturated carbocycles. The van der Waals surface area contributed by atoms with Crippen LogP contribution in [0.25, 0.3) is 11.2 Å². The lowest BCUT2D eigenvalue weighted by molar-refractivity contribution is -0.142. The number of nitrogen functional groups attached to an aromatic ring is 1. The first kappa shape index (κ1) is 25.9. The zero-order valence-corrected chi connectivity index (χ0v) is 20.0. The molecule has 16 heteroatoms. The standard InChI is InChI=1S/C20H24FN6O8P/c1-10(19(30)32-2)26-36(31,35-11-6-4-3-5-7-11)33-8-12-14(28)15(29)18(34-12)27-9-23-13-16(22)24-20(21)25-17(13)27/h3-7,9-10,12,14-15,18,28-29H,8H2,1-2H3,(H,26,31)(H2,22,24,25)/t10-,12-,14-,15+,18-,36?/m1/s1. The number of para-hydroxylation sites is 1. The lowest BCUT2D eigenvalue weighted by Crippen LogP contribution is -2.37. The number of fused-ring (bicyclic) bond motifs is 1. The molecule has 0 radical (unpaired) electrons. The molecule has 0 bridgehead atoms. The summed E-state index contributed by atoms with van der Waals surface area (Å²) in [5.74, 6) is -0.752. The van der Waals surface area contributed by atoms with Gasteiger partial charge in [-0.3, -0.25) is 13.9 Å². The summed E-state index contributed by atoms with van der Waals surface area (Å²) >= 11 is 0. The smallest absolute Gasteiger partial charge is 0.459 e.